The summed E-state index contributed by atoms with van der Waals surface area (Å²) in [5.41, 5.74) is 14.0. The van der Waals surface area contributed by atoms with Gasteiger partial charge >= 0.3 is 6.09 Å². The monoisotopic (exact) mass is 1030 g/mol. The van der Waals surface area contributed by atoms with E-state index in [1.807, 2.05) is 42.5 Å². The van der Waals surface area contributed by atoms with Gasteiger partial charge in [-0.15, -0.1) is 6.42 Å². The van der Waals surface area contributed by atoms with Crippen molar-refractivity contribution in [3.05, 3.63) is 101 Å². The molecule has 4 aromatic rings. The zero-order chi connectivity index (χ0) is 40.9. The van der Waals surface area contributed by atoms with Crippen molar-refractivity contribution in [1.82, 2.24) is 20.2 Å². The summed E-state index contributed by atoms with van der Waals surface area (Å²) in [5, 5.41) is 13.8. The van der Waals surface area contributed by atoms with Crippen LogP contribution in [-0.4, -0.2) is 52.6 Å². The molecule has 4 amide bonds. The van der Waals surface area contributed by atoms with E-state index in [0.29, 0.717) is 34.7 Å². The molecule has 0 saturated carbocycles. The van der Waals surface area contributed by atoms with Crippen molar-refractivity contribution < 1.29 is 28.7 Å². The number of unbranched alkanes of at least 4 members (excludes halogenated alkanes) is 1. The topological polar surface area (TPSA) is 191 Å². The van der Waals surface area contributed by atoms with Gasteiger partial charge in [0, 0.05) is 41.8 Å². The first-order chi connectivity index (χ1) is 27.5. The van der Waals surface area contributed by atoms with E-state index in [-0.39, 0.29) is 25.7 Å². The number of nitrogens with one attached hydrogen (secondary N) is 5. The molecule has 1 aromatic heterocycles. The molecule has 0 aliphatic carbocycles. The van der Waals surface area contributed by atoms with E-state index in [1.54, 1.807) is 38.2 Å². The third-order valence-electron chi connectivity index (χ3n) is 9.37. The molecule has 2 heterocycles. The Labute approximate surface area is 333 Å². The molecule has 0 bridgehead atoms. The van der Waals surface area contributed by atoms with Crippen molar-refractivity contribution >= 4 is 47.1 Å². The molecule has 7 N–H and O–H groups in total. The van der Waals surface area contributed by atoms with Gasteiger partial charge in [-0.2, -0.15) is 6.41 Å². The average Bonchev–Trinajstić information content (AvgIpc) is 3.48. The van der Waals surface area contributed by atoms with Gasteiger partial charge in [0.15, 0.2) is 0 Å². The molecule has 0 saturated heterocycles. The minimum atomic E-state index is -0.912. The Balaban J connectivity index is 0.00000744. The Kier molecular flexibility index (Phi) is 15.1. The molecule has 15 heteroatoms. The van der Waals surface area contributed by atoms with Crippen LogP contribution in [0, 0.1) is 18.3 Å². The van der Waals surface area contributed by atoms with Crippen LogP contribution in [0.1, 0.15) is 68.7 Å². The summed E-state index contributed by atoms with van der Waals surface area (Å²) in [4.78, 5) is 54.3. The first-order valence-electron chi connectivity index (χ1n) is 18.8. The summed E-state index contributed by atoms with van der Waals surface area (Å²) in [5.74, 6) is 2.18. The normalized spacial score (nSPS) is 12.4. The molecule has 1 aliphatic rings. The van der Waals surface area contributed by atoms with Crippen LogP contribution < -0.4 is 32.3 Å². The number of amides is 4. The number of anilines is 3. The Morgan fingerprint density at radius 3 is 2.43 bits per heavy atom. The largest absolute Gasteiger partial charge is 0.520 e. The van der Waals surface area contributed by atoms with Crippen LogP contribution in [0.25, 0.3) is 17.0 Å². The van der Waals surface area contributed by atoms with Crippen LogP contribution in [0.3, 0.4) is 0 Å². The molecule has 1 unspecified atom stereocenters. The van der Waals surface area contributed by atoms with Gasteiger partial charge in [0.05, 0.1) is 24.0 Å². The summed E-state index contributed by atoms with van der Waals surface area (Å²) >= 11 is 0. The van der Waals surface area contributed by atoms with Crippen LogP contribution in [-0.2, 0) is 50.0 Å². The van der Waals surface area contributed by atoms with E-state index in [1.165, 1.54) is 13.3 Å². The number of carbonyl (C=O) groups excluding carboxylic acids is 4. The second-order valence-electron chi connectivity index (χ2n) is 14.0. The molecule has 14 nitrogen and oxygen atoms in total. The van der Waals surface area contributed by atoms with Gasteiger partial charge in [0.25, 0.3) is 0 Å². The van der Waals surface area contributed by atoms with E-state index in [2.05, 4.69) is 50.1 Å². The van der Waals surface area contributed by atoms with Gasteiger partial charge < -0.3 is 45.8 Å². The summed E-state index contributed by atoms with van der Waals surface area (Å²) in [6.45, 7) is 7.83. The Hall–Kier alpha value is -7.59. The predicted octanol–water partition coefficient (Wildman–Crippen LogP) is 5.65. The molecule has 3 aromatic carbocycles. The number of nitrogens with zero attached hydrogens (tertiary/aromatic N) is 2. The molecule has 310 valence electrons. The minimum absolute atomic E-state index is 0. The quantitative estimate of drug-likeness (QED) is 0.0317. The SMILES string of the molecule is C#CCOCc1cc(NC(=O)[C@H](C)NC(=O)C(N[C-]=O)C(C)C)ccc1COC(=O)Nc1ccc(Cn2c(CCCC)nc3c2-c2ccccc2NC=C3N)cc1.[Fm]. The maximum atomic E-state index is 13.0. The first kappa shape index (κ1) is 43.1. The second kappa shape index (κ2) is 20.4. The fourth-order valence-electron chi connectivity index (χ4n) is 6.30. The van der Waals surface area contributed by atoms with E-state index in [0.717, 1.165) is 53.3 Å². The Morgan fingerprint density at radius 1 is 0.983 bits per heavy atom. The summed E-state index contributed by atoms with van der Waals surface area (Å²) in [7, 11) is 0. The average molecular weight is 1030 g/mol. The zero-order valence-corrected chi connectivity index (χ0v) is 35.3. The summed E-state index contributed by atoms with van der Waals surface area (Å²) in [6.07, 6.45) is 10.9. The molecular formula is C43H49FmN8O6-. The van der Waals surface area contributed by atoms with Crippen molar-refractivity contribution in [2.45, 2.75) is 78.8 Å². The van der Waals surface area contributed by atoms with Crippen molar-refractivity contribution in [1.29, 1.82) is 0 Å². The smallest absolute Gasteiger partial charge is 0.411 e. The summed E-state index contributed by atoms with van der Waals surface area (Å²) < 4.78 is 13.4. The van der Waals surface area contributed by atoms with Gasteiger partial charge in [-0.3, -0.25) is 14.9 Å². The Bertz CT molecular complexity index is 2140. The molecule has 2 atom stereocenters. The third-order valence-corrected chi connectivity index (χ3v) is 9.37. The van der Waals surface area contributed by atoms with Crippen LogP contribution in [0.4, 0.5) is 21.9 Å². The number of aryl methyl sites for hydroxylation is 1. The molecule has 1 aliphatic heterocycles. The van der Waals surface area contributed by atoms with Crippen molar-refractivity contribution in [3.63, 3.8) is 0 Å². The first-order valence-corrected chi connectivity index (χ1v) is 18.8. The number of carbonyl (C=O) groups is 3. The number of rotatable bonds is 18. The van der Waals surface area contributed by atoms with E-state index in [9.17, 15) is 19.2 Å². The number of fused-ring (bicyclic) bond motifs is 3. The molecule has 0 fully saturated rings. The second-order valence-corrected chi connectivity index (χ2v) is 14.0. The molecule has 0 spiro atoms. The third kappa shape index (κ3) is 10.8. The van der Waals surface area contributed by atoms with Crippen molar-refractivity contribution in [2.75, 3.05) is 22.6 Å². The number of terminal acetylenes is 1. The standard InChI is InChI=1S/C43H49N8O6.Fm/c1-6-8-13-37-50-39-35(44)22-45-36-12-10-9-11-34(36)40(39)51(37)23-29-14-17-32(18-15-29)49-43(55)57-25-30-16-19-33(21-31(30)24-56-20-7-2)48-41(53)28(5)47-42(54)38(27(3)4)46-26-52;/h2,9-12,14-19,21-22,27-28,38,45H,6,8,13,20,23-25,44H2,1,3-5H3,(H,46,52)(H,47,54)(H,48,53)(H,49,55);/q-1;/t28-,38?;/m0./s1. The molecule has 58 heavy (non-hydrogen) atoms. The fraction of sp³-hybridized carbons (Fsp3) is 0.326. The van der Waals surface area contributed by atoms with E-state index < -0.39 is 30.0 Å². The molecule has 5 rings (SSSR count). The van der Waals surface area contributed by atoms with Gasteiger partial charge in [-0.25, -0.2) is 9.78 Å². The number of hydrogen-bond donors (Lipinski definition) is 6. The number of para-hydroxylation sites is 1. The Morgan fingerprint density at radius 2 is 1.72 bits per heavy atom. The fourth-order valence-corrected chi connectivity index (χ4v) is 6.30. The van der Waals surface area contributed by atoms with Gasteiger partial charge in [0.1, 0.15) is 30.8 Å². The maximum Gasteiger partial charge on any atom is 0.411 e. The number of ether oxygens (including phenoxy) is 2. The van der Waals surface area contributed by atoms with Crippen LogP contribution in [0.15, 0.2) is 72.9 Å². The summed E-state index contributed by atoms with van der Waals surface area (Å²) in [6, 6.07) is 18.9. The van der Waals surface area contributed by atoms with Crippen molar-refractivity contribution in [2.24, 2.45) is 11.7 Å². The van der Waals surface area contributed by atoms with Crippen molar-refractivity contribution in [3.8, 4) is 23.6 Å². The number of benzene rings is 3. The van der Waals surface area contributed by atoms with Gasteiger partial charge in [0.2, 0.25) is 11.8 Å². The minimum Gasteiger partial charge on any atom is -0.520 e. The molecule has 0 radical (unpaired) electrons. The number of imidazole rings is 1. The van der Waals surface area contributed by atoms with Gasteiger partial charge in [-0.05, 0) is 66.3 Å². The predicted molar refractivity (Wildman–Crippen MR) is 220 cm³/mol. The number of hydrogen-bond acceptors (Lipinski definition) is 9. The van der Waals surface area contributed by atoms with Crippen LogP contribution in [0.2, 0.25) is 0 Å². The molecular weight excluding hydrogens is 982 g/mol. The van der Waals surface area contributed by atoms with E-state index >= 15 is 0 Å². The van der Waals surface area contributed by atoms with Crippen LogP contribution in [0.5, 0.6) is 0 Å². The van der Waals surface area contributed by atoms with Crippen LogP contribution >= 0.6 is 0 Å². The number of nitrogens with two attached hydrogens (primary N) is 1. The van der Waals surface area contributed by atoms with E-state index in [4.69, 9.17) is 26.6 Å². The van der Waals surface area contributed by atoms with Gasteiger partial charge in [-0.1, -0.05) is 69.5 Å². The number of aromatic nitrogens is 2. The zero-order valence-electron chi connectivity index (χ0n) is 32.9. The maximum absolute atomic E-state index is 13.0.